The predicted octanol–water partition coefficient (Wildman–Crippen LogP) is -0.902. The van der Waals surface area contributed by atoms with E-state index in [4.69, 9.17) is 10.2 Å². The van der Waals surface area contributed by atoms with Gasteiger partial charge in [0.25, 0.3) is 0 Å². The fourth-order valence-electron chi connectivity index (χ4n) is 1.61. The van der Waals surface area contributed by atoms with E-state index < -0.39 is 30.9 Å². The number of hydrogen-bond acceptors (Lipinski definition) is 7. The zero-order chi connectivity index (χ0) is 15.4. The fourth-order valence-corrected chi connectivity index (χ4v) is 2.45. The van der Waals surface area contributed by atoms with Gasteiger partial charge in [-0.2, -0.15) is 0 Å². The van der Waals surface area contributed by atoms with Crippen LogP contribution in [0.5, 0.6) is 0 Å². The summed E-state index contributed by atoms with van der Waals surface area (Å²) >= 11 is 1.06. The van der Waals surface area contributed by atoms with Crippen molar-refractivity contribution in [1.29, 1.82) is 0 Å². The number of hydrogen-bond donors (Lipinski definition) is 2. The van der Waals surface area contributed by atoms with Gasteiger partial charge in [0.2, 0.25) is 11.1 Å². The van der Waals surface area contributed by atoms with Gasteiger partial charge < -0.3 is 15.1 Å². The van der Waals surface area contributed by atoms with Crippen LogP contribution in [0.15, 0.2) is 5.16 Å². The van der Waals surface area contributed by atoms with E-state index in [0.29, 0.717) is 5.16 Å². The molecule has 1 amide bonds. The highest BCUT2D eigenvalue weighted by Gasteiger charge is 2.28. The van der Waals surface area contributed by atoms with Gasteiger partial charge in [-0.3, -0.25) is 14.4 Å². The Morgan fingerprint density at radius 3 is 2.38 bits per heavy atom. The quantitative estimate of drug-likeness (QED) is 0.584. The smallest absolute Gasteiger partial charge is 0.323 e. The van der Waals surface area contributed by atoms with Crippen molar-refractivity contribution >= 4 is 29.6 Å². The highest BCUT2D eigenvalue weighted by Crippen LogP contribution is 2.36. The van der Waals surface area contributed by atoms with Gasteiger partial charge in [-0.1, -0.05) is 11.8 Å². The van der Waals surface area contributed by atoms with Crippen LogP contribution in [0.1, 0.15) is 18.9 Å². The zero-order valence-electron chi connectivity index (χ0n) is 10.9. The molecule has 0 spiro atoms. The molecule has 2 N–H and O–H groups in total. The molecule has 0 unspecified atom stereocenters. The first kappa shape index (κ1) is 15.2. The Hall–Kier alpha value is -2.17. The molecule has 11 heteroatoms. The molecule has 0 saturated heterocycles. The lowest BCUT2D eigenvalue weighted by Gasteiger charge is -2.17. The van der Waals surface area contributed by atoms with Crippen molar-refractivity contribution in [3.8, 4) is 0 Å². The lowest BCUT2D eigenvalue weighted by molar-refractivity contribution is -0.148. The number of carbonyl (C=O) groups is 3. The van der Waals surface area contributed by atoms with Gasteiger partial charge in [0.05, 0.1) is 11.8 Å². The summed E-state index contributed by atoms with van der Waals surface area (Å²) in [4.78, 5) is 34.0. The van der Waals surface area contributed by atoms with Gasteiger partial charge in [-0.05, 0) is 23.3 Å². The Morgan fingerprint density at radius 1 is 1.24 bits per heavy atom. The number of aliphatic carboxylic acids is 2. The molecule has 1 saturated carbocycles. The molecule has 114 valence electrons. The highest BCUT2D eigenvalue weighted by atomic mass is 32.2. The van der Waals surface area contributed by atoms with Gasteiger partial charge in [0, 0.05) is 0 Å². The van der Waals surface area contributed by atoms with Gasteiger partial charge in [0.15, 0.2) is 0 Å². The SMILES string of the molecule is O=C(O)CN(CC(=O)O)C(=O)CSc1nnnn1C1CC1. The molecule has 1 heterocycles. The summed E-state index contributed by atoms with van der Waals surface area (Å²) < 4.78 is 1.62. The van der Waals surface area contributed by atoms with Crippen molar-refractivity contribution in [3.05, 3.63) is 0 Å². The van der Waals surface area contributed by atoms with E-state index in [-0.39, 0.29) is 11.8 Å². The molecule has 2 rings (SSSR count). The summed E-state index contributed by atoms with van der Waals surface area (Å²) in [7, 11) is 0. The third kappa shape index (κ3) is 4.41. The molecule has 0 atom stereocenters. The standard InChI is InChI=1S/C10H13N5O5S/c16-7(14(3-8(17)18)4-9(19)20)5-21-10-11-12-13-15(10)6-1-2-6/h6H,1-5H2,(H,17,18)(H,19,20). The maximum absolute atomic E-state index is 11.9. The second-order valence-electron chi connectivity index (χ2n) is 4.46. The van der Waals surface area contributed by atoms with E-state index in [9.17, 15) is 14.4 Å². The molecule has 1 aromatic rings. The first-order valence-corrected chi connectivity index (χ1v) is 7.08. The minimum Gasteiger partial charge on any atom is -0.480 e. The lowest BCUT2D eigenvalue weighted by Crippen LogP contribution is -2.40. The van der Waals surface area contributed by atoms with E-state index in [1.807, 2.05) is 0 Å². The highest BCUT2D eigenvalue weighted by molar-refractivity contribution is 7.99. The average molecular weight is 315 g/mol. The Kier molecular flexibility index (Phi) is 4.73. The third-order valence-electron chi connectivity index (χ3n) is 2.69. The maximum Gasteiger partial charge on any atom is 0.323 e. The predicted molar refractivity (Wildman–Crippen MR) is 68.7 cm³/mol. The number of aromatic nitrogens is 4. The second kappa shape index (κ2) is 6.52. The maximum atomic E-state index is 11.9. The Labute approximate surface area is 123 Å². The summed E-state index contributed by atoms with van der Waals surface area (Å²) in [5.74, 6) is -3.24. The van der Waals surface area contributed by atoms with E-state index in [1.165, 1.54) is 0 Å². The minimum atomic E-state index is -1.27. The van der Waals surface area contributed by atoms with Gasteiger partial charge in [-0.25, -0.2) is 4.68 Å². The monoisotopic (exact) mass is 315 g/mol. The number of thioether (sulfide) groups is 1. The van der Waals surface area contributed by atoms with Crippen LogP contribution >= 0.6 is 11.8 Å². The van der Waals surface area contributed by atoms with Crippen molar-refractivity contribution in [3.63, 3.8) is 0 Å². The molecule has 0 aromatic carbocycles. The molecule has 21 heavy (non-hydrogen) atoms. The van der Waals surface area contributed by atoms with Crippen LogP contribution in [0.3, 0.4) is 0 Å². The topological polar surface area (TPSA) is 139 Å². The first-order valence-electron chi connectivity index (χ1n) is 6.09. The summed E-state index contributed by atoms with van der Waals surface area (Å²) in [5.41, 5.74) is 0. The molecule has 1 aliphatic carbocycles. The van der Waals surface area contributed by atoms with Crippen LogP contribution in [-0.2, 0) is 14.4 Å². The molecule has 0 bridgehead atoms. The van der Waals surface area contributed by atoms with Crippen LogP contribution in [0.2, 0.25) is 0 Å². The summed E-state index contributed by atoms with van der Waals surface area (Å²) in [6.45, 7) is -1.31. The van der Waals surface area contributed by atoms with Crippen molar-refractivity contribution in [2.45, 2.75) is 24.0 Å². The molecule has 1 aromatic heterocycles. The number of nitrogens with zero attached hydrogens (tertiary/aromatic N) is 5. The zero-order valence-corrected chi connectivity index (χ0v) is 11.7. The molecule has 1 aliphatic rings. The number of amides is 1. The Balaban J connectivity index is 1.92. The number of rotatable bonds is 8. The van der Waals surface area contributed by atoms with Gasteiger partial charge in [0.1, 0.15) is 13.1 Å². The van der Waals surface area contributed by atoms with Crippen LogP contribution in [0.4, 0.5) is 0 Å². The minimum absolute atomic E-state index is 0.117. The molecule has 1 fully saturated rings. The van der Waals surface area contributed by atoms with Crippen LogP contribution in [0.25, 0.3) is 0 Å². The van der Waals surface area contributed by atoms with Gasteiger partial charge in [-0.15, -0.1) is 5.10 Å². The van der Waals surface area contributed by atoms with Crippen molar-refractivity contribution in [2.24, 2.45) is 0 Å². The summed E-state index contributed by atoms with van der Waals surface area (Å²) in [6, 6.07) is 0.256. The normalized spacial score (nSPS) is 13.9. The molecule has 0 radical (unpaired) electrons. The number of tetrazole rings is 1. The van der Waals surface area contributed by atoms with E-state index >= 15 is 0 Å². The molecular weight excluding hydrogens is 302 g/mol. The Bertz CT molecular complexity index is 542. The van der Waals surface area contributed by atoms with Gasteiger partial charge >= 0.3 is 11.9 Å². The first-order chi connectivity index (χ1) is 9.97. The molecular formula is C10H13N5O5S. The second-order valence-corrected chi connectivity index (χ2v) is 5.41. The van der Waals surface area contributed by atoms with Crippen LogP contribution < -0.4 is 0 Å². The van der Waals surface area contributed by atoms with E-state index in [1.54, 1.807) is 4.68 Å². The lowest BCUT2D eigenvalue weighted by atomic mass is 10.4. The van der Waals surface area contributed by atoms with E-state index in [2.05, 4.69) is 15.5 Å². The molecule has 0 aliphatic heterocycles. The van der Waals surface area contributed by atoms with Crippen molar-refractivity contribution < 1.29 is 24.6 Å². The van der Waals surface area contributed by atoms with Crippen molar-refractivity contribution in [2.75, 3.05) is 18.8 Å². The number of carboxylic acid groups (broad SMARTS) is 2. The molecule has 10 nitrogen and oxygen atoms in total. The van der Waals surface area contributed by atoms with Crippen LogP contribution in [-0.4, -0.2) is 72.0 Å². The number of carboxylic acids is 2. The Morgan fingerprint density at radius 2 is 1.86 bits per heavy atom. The fraction of sp³-hybridized carbons (Fsp3) is 0.600. The largest absolute Gasteiger partial charge is 0.480 e. The van der Waals surface area contributed by atoms with Crippen molar-refractivity contribution in [1.82, 2.24) is 25.1 Å². The van der Waals surface area contributed by atoms with E-state index in [0.717, 1.165) is 29.5 Å². The summed E-state index contributed by atoms with van der Waals surface area (Å²) in [5, 5.41) is 29.0. The average Bonchev–Trinajstić information content (AvgIpc) is 3.13. The summed E-state index contributed by atoms with van der Waals surface area (Å²) in [6.07, 6.45) is 1.97. The number of carbonyl (C=O) groups excluding carboxylic acids is 1. The third-order valence-corrected chi connectivity index (χ3v) is 3.60. The van der Waals surface area contributed by atoms with Crippen LogP contribution in [0, 0.1) is 0 Å².